The van der Waals surface area contributed by atoms with E-state index < -0.39 is 0 Å². The predicted octanol–water partition coefficient (Wildman–Crippen LogP) is 2.67. The van der Waals surface area contributed by atoms with E-state index in [0.29, 0.717) is 18.4 Å². The van der Waals surface area contributed by atoms with Gasteiger partial charge in [0.2, 0.25) is 0 Å². The fourth-order valence-electron chi connectivity index (χ4n) is 3.10. The highest BCUT2D eigenvalue weighted by molar-refractivity contribution is 7.14. The first-order valence-electron chi connectivity index (χ1n) is 7.73. The summed E-state index contributed by atoms with van der Waals surface area (Å²) in [6.07, 6.45) is 0. The first-order valence-corrected chi connectivity index (χ1v) is 8.88. The fourth-order valence-corrected chi connectivity index (χ4v) is 4.14. The summed E-state index contributed by atoms with van der Waals surface area (Å²) >= 11 is 7.64. The van der Waals surface area contributed by atoms with Gasteiger partial charge in [-0.05, 0) is 31.4 Å². The summed E-state index contributed by atoms with van der Waals surface area (Å²) in [5.41, 5.74) is 3.58. The van der Waals surface area contributed by atoms with E-state index in [2.05, 4.69) is 32.6 Å². The van der Waals surface area contributed by atoms with Crippen LogP contribution in [0.3, 0.4) is 0 Å². The standard InChI is InChI=1S/C15H17ClN6OS/c1-8-7-23-5-4-22(8)11-6-10(13-9(2)18-20-21(13)3)14-12(17-11)15(16)19-24-14/h6,8H,4-5,7H2,1-3H3/t8-/m1/s1. The van der Waals surface area contributed by atoms with Crippen LogP contribution < -0.4 is 4.90 Å². The summed E-state index contributed by atoms with van der Waals surface area (Å²) in [5.74, 6) is 0.885. The van der Waals surface area contributed by atoms with Gasteiger partial charge in [-0.25, -0.2) is 9.67 Å². The van der Waals surface area contributed by atoms with Crippen LogP contribution in [0.15, 0.2) is 6.07 Å². The summed E-state index contributed by atoms with van der Waals surface area (Å²) in [6, 6.07) is 2.34. The van der Waals surface area contributed by atoms with Gasteiger partial charge in [0.1, 0.15) is 11.3 Å². The Labute approximate surface area is 148 Å². The molecule has 0 radical (unpaired) electrons. The van der Waals surface area contributed by atoms with Crippen LogP contribution in [-0.4, -0.2) is 50.2 Å². The average molecular weight is 365 g/mol. The Balaban J connectivity index is 1.95. The van der Waals surface area contributed by atoms with Gasteiger partial charge in [-0.3, -0.25) is 0 Å². The number of pyridine rings is 1. The van der Waals surface area contributed by atoms with Crippen molar-refractivity contribution < 1.29 is 4.74 Å². The molecule has 0 bridgehead atoms. The van der Waals surface area contributed by atoms with Gasteiger partial charge in [-0.15, -0.1) is 5.10 Å². The van der Waals surface area contributed by atoms with Gasteiger partial charge in [0.05, 0.1) is 35.3 Å². The molecule has 0 saturated carbocycles. The molecule has 0 spiro atoms. The zero-order valence-electron chi connectivity index (χ0n) is 13.7. The molecular weight excluding hydrogens is 348 g/mol. The Morgan fingerprint density at radius 2 is 2.25 bits per heavy atom. The molecular formula is C15H17ClN6OS. The fraction of sp³-hybridized carbons (Fsp3) is 0.467. The van der Waals surface area contributed by atoms with Crippen molar-refractivity contribution in [3.63, 3.8) is 0 Å². The summed E-state index contributed by atoms with van der Waals surface area (Å²) in [6.45, 7) is 6.28. The molecule has 0 aliphatic carbocycles. The number of aryl methyl sites for hydroxylation is 2. The van der Waals surface area contributed by atoms with E-state index in [0.717, 1.165) is 39.5 Å². The minimum Gasteiger partial charge on any atom is -0.377 e. The molecule has 0 N–H and O–H groups in total. The van der Waals surface area contributed by atoms with Crippen molar-refractivity contribution in [1.29, 1.82) is 0 Å². The lowest BCUT2D eigenvalue weighted by molar-refractivity contribution is 0.0986. The molecule has 0 aromatic carbocycles. The van der Waals surface area contributed by atoms with Gasteiger partial charge in [0, 0.05) is 19.2 Å². The SMILES string of the molecule is Cc1nnn(C)c1-c1cc(N2CCOC[C@H]2C)nc2c(Cl)nsc12. The average Bonchev–Trinajstić information content (AvgIpc) is 3.10. The quantitative estimate of drug-likeness (QED) is 0.696. The molecule has 126 valence electrons. The smallest absolute Gasteiger partial charge is 0.169 e. The third-order valence-electron chi connectivity index (χ3n) is 4.28. The van der Waals surface area contributed by atoms with Crippen molar-refractivity contribution in [3.8, 4) is 11.3 Å². The number of fused-ring (bicyclic) bond motifs is 1. The van der Waals surface area contributed by atoms with Crippen molar-refractivity contribution in [2.75, 3.05) is 24.7 Å². The molecule has 1 aliphatic rings. The number of anilines is 1. The summed E-state index contributed by atoms with van der Waals surface area (Å²) in [5, 5.41) is 8.74. The summed E-state index contributed by atoms with van der Waals surface area (Å²) < 4.78 is 12.6. The molecule has 0 unspecified atom stereocenters. The van der Waals surface area contributed by atoms with E-state index in [1.54, 1.807) is 4.68 Å². The Bertz CT molecular complexity index is 887. The first kappa shape index (κ1) is 15.7. The third-order valence-corrected chi connectivity index (χ3v) is 5.52. The van der Waals surface area contributed by atoms with Crippen molar-refractivity contribution >= 4 is 39.2 Å². The highest BCUT2D eigenvalue weighted by atomic mass is 35.5. The zero-order chi connectivity index (χ0) is 16.8. The zero-order valence-corrected chi connectivity index (χ0v) is 15.2. The second kappa shape index (κ2) is 5.94. The number of aromatic nitrogens is 5. The van der Waals surface area contributed by atoms with Crippen LogP contribution >= 0.6 is 23.1 Å². The number of rotatable bonds is 2. The maximum atomic E-state index is 6.29. The van der Waals surface area contributed by atoms with Crippen molar-refractivity contribution in [3.05, 3.63) is 16.9 Å². The molecule has 3 aromatic heterocycles. The highest BCUT2D eigenvalue weighted by Gasteiger charge is 2.24. The number of halogens is 1. The maximum Gasteiger partial charge on any atom is 0.169 e. The van der Waals surface area contributed by atoms with Gasteiger partial charge >= 0.3 is 0 Å². The lowest BCUT2D eigenvalue weighted by Crippen LogP contribution is -2.44. The van der Waals surface area contributed by atoms with Crippen molar-refractivity contribution in [1.82, 2.24) is 24.4 Å². The molecule has 4 heterocycles. The van der Waals surface area contributed by atoms with Gasteiger partial charge < -0.3 is 9.64 Å². The molecule has 1 atom stereocenters. The highest BCUT2D eigenvalue weighted by Crippen LogP contribution is 2.37. The third kappa shape index (κ3) is 2.45. The van der Waals surface area contributed by atoms with E-state index in [9.17, 15) is 0 Å². The molecule has 1 saturated heterocycles. The number of ether oxygens (including phenoxy) is 1. The van der Waals surface area contributed by atoms with Crippen molar-refractivity contribution in [2.24, 2.45) is 7.05 Å². The van der Waals surface area contributed by atoms with E-state index in [1.807, 2.05) is 14.0 Å². The van der Waals surface area contributed by atoms with Gasteiger partial charge in [0.15, 0.2) is 5.15 Å². The molecule has 3 aromatic rings. The Morgan fingerprint density at radius 3 is 2.96 bits per heavy atom. The maximum absolute atomic E-state index is 6.29. The lowest BCUT2D eigenvalue weighted by atomic mass is 10.1. The predicted molar refractivity (Wildman–Crippen MR) is 94.8 cm³/mol. The van der Waals surface area contributed by atoms with E-state index in [1.165, 1.54) is 11.5 Å². The first-order chi connectivity index (χ1) is 11.6. The summed E-state index contributed by atoms with van der Waals surface area (Å²) in [7, 11) is 1.89. The van der Waals surface area contributed by atoms with Gasteiger partial charge in [0.25, 0.3) is 0 Å². The Morgan fingerprint density at radius 1 is 1.42 bits per heavy atom. The topological polar surface area (TPSA) is 69.0 Å². The van der Waals surface area contributed by atoms with E-state index >= 15 is 0 Å². The van der Waals surface area contributed by atoms with Crippen LogP contribution in [0, 0.1) is 6.92 Å². The molecule has 1 aliphatic heterocycles. The van der Waals surface area contributed by atoms with Crippen LogP contribution in [-0.2, 0) is 11.8 Å². The van der Waals surface area contributed by atoms with Gasteiger partial charge in [-0.1, -0.05) is 16.8 Å². The largest absolute Gasteiger partial charge is 0.377 e. The molecule has 9 heteroatoms. The Hall–Kier alpha value is -1.77. The van der Waals surface area contributed by atoms with Crippen LogP contribution in [0.2, 0.25) is 5.15 Å². The monoisotopic (exact) mass is 364 g/mol. The summed E-state index contributed by atoms with van der Waals surface area (Å²) in [4.78, 5) is 7.02. The molecule has 4 rings (SSSR count). The number of nitrogens with zero attached hydrogens (tertiary/aromatic N) is 6. The van der Waals surface area contributed by atoms with Crippen LogP contribution in [0.5, 0.6) is 0 Å². The molecule has 0 amide bonds. The number of morpholine rings is 1. The van der Waals surface area contributed by atoms with Crippen LogP contribution in [0.4, 0.5) is 5.82 Å². The molecule has 24 heavy (non-hydrogen) atoms. The van der Waals surface area contributed by atoms with Crippen molar-refractivity contribution in [2.45, 2.75) is 19.9 Å². The van der Waals surface area contributed by atoms with Crippen LogP contribution in [0.1, 0.15) is 12.6 Å². The minimum atomic E-state index is 0.257. The molecule has 7 nitrogen and oxygen atoms in total. The lowest BCUT2D eigenvalue weighted by Gasteiger charge is -2.34. The second-order valence-electron chi connectivity index (χ2n) is 5.94. The van der Waals surface area contributed by atoms with Gasteiger partial charge in [-0.2, -0.15) is 4.37 Å². The number of hydrogen-bond donors (Lipinski definition) is 0. The Kier molecular flexibility index (Phi) is 3.90. The van der Waals surface area contributed by atoms with E-state index in [4.69, 9.17) is 21.3 Å². The van der Waals surface area contributed by atoms with E-state index in [-0.39, 0.29) is 6.04 Å². The second-order valence-corrected chi connectivity index (χ2v) is 7.07. The molecule has 1 fully saturated rings. The number of hydrogen-bond acceptors (Lipinski definition) is 7. The normalized spacial score (nSPS) is 18.5. The van der Waals surface area contributed by atoms with Crippen LogP contribution in [0.25, 0.3) is 21.5 Å². The minimum absolute atomic E-state index is 0.257.